The van der Waals surface area contributed by atoms with Gasteiger partial charge in [0.15, 0.2) is 0 Å². The second-order valence-corrected chi connectivity index (χ2v) is 5.97. The fraction of sp³-hybridized carbons (Fsp3) is 0.500. The molecule has 1 N–H and O–H groups in total. The topological polar surface area (TPSA) is 57.6 Å². The van der Waals surface area contributed by atoms with E-state index in [1.165, 1.54) is 0 Å². The highest BCUT2D eigenvalue weighted by atomic mass is 19.1. The summed E-state index contributed by atoms with van der Waals surface area (Å²) in [5.74, 6) is -2.67. The molecule has 3 rings (SSSR count). The van der Waals surface area contributed by atoms with E-state index in [1.54, 1.807) is 0 Å². The van der Waals surface area contributed by atoms with E-state index in [2.05, 4.69) is 0 Å². The number of β-amino-alcohol motifs (C(OH)–C–C–N with tert-alkyl or cyclic N) is 1. The van der Waals surface area contributed by atoms with Crippen LogP contribution >= 0.6 is 0 Å². The largest absolute Gasteiger partial charge is 0.386 e. The maximum atomic E-state index is 13.7. The number of amides is 2. The number of aliphatic hydroxyl groups is 1. The number of likely N-dealkylation sites (tertiary alicyclic amines) is 1. The Kier molecular flexibility index (Phi) is 3.95. The lowest BCUT2D eigenvalue weighted by atomic mass is 9.81. The molecule has 6 heteroatoms. The summed E-state index contributed by atoms with van der Waals surface area (Å²) in [4.78, 5) is 25.6. The van der Waals surface area contributed by atoms with Gasteiger partial charge in [0.25, 0.3) is 0 Å². The number of benzene rings is 1. The third-order valence-corrected chi connectivity index (χ3v) is 4.60. The molecule has 3 atom stereocenters. The van der Waals surface area contributed by atoms with Gasteiger partial charge < -0.3 is 5.11 Å². The Labute approximate surface area is 126 Å². The predicted molar refractivity (Wildman–Crippen MR) is 73.5 cm³/mol. The van der Waals surface area contributed by atoms with Crippen LogP contribution in [-0.4, -0.2) is 28.4 Å². The second-order valence-electron chi connectivity index (χ2n) is 5.97. The molecule has 2 fully saturated rings. The maximum Gasteiger partial charge on any atom is 0.233 e. The molecule has 1 heterocycles. The third kappa shape index (κ3) is 2.52. The highest BCUT2D eigenvalue weighted by Crippen LogP contribution is 2.38. The van der Waals surface area contributed by atoms with E-state index in [1.807, 2.05) is 0 Å². The van der Waals surface area contributed by atoms with Crippen LogP contribution in [0.2, 0.25) is 0 Å². The van der Waals surface area contributed by atoms with Crippen molar-refractivity contribution in [2.24, 2.45) is 11.8 Å². The number of aliphatic hydroxyl groups excluding tert-OH is 1. The minimum atomic E-state index is -1.43. The summed E-state index contributed by atoms with van der Waals surface area (Å²) in [6.45, 7) is -0.328. The zero-order valence-electron chi connectivity index (χ0n) is 12.0. The molecule has 0 unspecified atom stereocenters. The predicted octanol–water partition coefficient (Wildman–Crippen LogP) is 2.17. The number of hydrogen-bond donors (Lipinski definition) is 1. The Morgan fingerprint density at radius 2 is 1.73 bits per heavy atom. The lowest BCUT2D eigenvalue weighted by molar-refractivity contribution is -0.141. The molecule has 0 bridgehead atoms. The highest BCUT2D eigenvalue weighted by Gasteiger charge is 2.48. The minimum absolute atomic E-state index is 0.240. The summed E-state index contributed by atoms with van der Waals surface area (Å²) < 4.78 is 26.9. The van der Waals surface area contributed by atoms with E-state index in [0.29, 0.717) is 12.8 Å². The molecule has 0 spiro atoms. The van der Waals surface area contributed by atoms with Crippen LogP contribution in [0.25, 0.3) is 0 Å². The van der Waals surface area contributed by atoms with E-state index >= 15 is 0 Å². The van der Waals surface area contributed by atoms with Gasteiger partial charge in [-0.3, -0.25) is 14.5 Å². The van der Waals surface area contributed by atoms with Gasteiger partial charge >= 0.3 is 0 Å². The Balaban J connectivity index is 1.79. The lowest BCUT2D eigenvalue weighted by Crippen LogP contribution is -2.35. The minimum Gasteiger partial charge on any atom is -0.386 e. The number of imide groups is 1. The molecule has 1 aliphatic carbocycles. The molecule has 4 nitrogen and oxygen atoms in total. The summed E-state index contributed by atoms with van der Waals surface area (Å²) in [5, 5.41) is 10.1. The molecule has 0 aromatic heterocycles. The lowest BCUT2D eigenvalue weighted by Gasteiger charge is -2.19. The monoisotopic (exact) mass is 309 g/mol. The van der Waals surface area contributed by atoms with Crippen LogP contribution < -0.4 is 0 Å². The van der Waals surface area contributed by atoms with Gasteiger partial charge in [0, 0.05) is 5.56 Å². The quantitative estimate of drug-likeness (QED) is 0.871. The van der Waals surface area contributed by atoms with E-state index in [9.17, 15) is 23.5 Å². The van der Waals surface area contributed by atoms with Crippen LogP contribution in [-0.2, 0) is 9.59 Å². The molecular formula is C16H17F2NO3. The van der Waals surface area contributed by atoms with Crippen molar-refractivity contribution >= 4 is 11.8 Å². The number of hydrogen-bond acceptors (Lipinski definition) is 3. The van der Waals surface area contributed by atoms with Crippen molar-refractivity contribution in [3.8, 4) is 0 Å². The molecular weight excluding hydrogens is 292 g/mol. The summed E-state index contributed by atoms with van der Waals surface area (Å²) in [7, 11) is 0. The molecule has 2 amide bonds. The molecule has 1 aromatic rings. The van der Waals surface area contributed by atoms with Gasteiger partial charge in [-0.15, -0.1) is 0 Å². The third-order valence-electron chi connectivity index (χ3n) is 4.60. The first-order valence-corrected chi connectivity index (χ1v) is 7.47. The van der Waals surface area contributed by atoms with Gasteiger partial charge in [0.05, 0.1) is 24.5 Å². The van der Waals surface area contributed by atoms with Crippen molar-refractivity contribution in [2.45, 2.75) is 31.8 Å². The van der Waals surface area contributed by atoms with Crippen LogP contribution in [0.1, 0.15) is 37.4 Å². The molecule has 2 aliphatic rings. The van der Waals surface area contributed by atoms with Crippen molar-refractivity contribution in [3.05, 3.63) is 35.4 Å². The number of carbonyl (C=O) groups excluding carboxylic acids is 2. The number of rotatable bonds is 3. The average molecular weight is 309 g/mol. The van der Waals surface area contributed by atoms with Crippen molar-refractivity contribution in [2.75, 3.05) is 6.54 Å². The van der Waals surface area contributed by atoms with Crippen molar-refractivity contribution in [3.63, 3.8) is 0 Å². The Morgan fingerprint density at radius 3 is 2.32 bits per heavy atom. The Hall–Kier alpha value is -1.82. The van der Waals surface area contributed by atoms with Crippen LogP contribution in [0.5, 0.6) is 0 Å². The normalized spacial score (nSPS) is 26.2. The number of nitrogens with zero attached hydrogens (tertiary/aromatic N) is 1. The van der Waals surface area contributed by atoms with Crippen LogP contribution in [0.15, 0.2) is 18.2 Å². The first-order chi connectivity index (χ1) is 10.5. The van der Waals surface area contributed by atoms with Crippen LogP contribution in [0.4, 0.5) is 8.78 Å². The summed E-state index contributed by atoms with van der Waals surface area (Å²) in [6, 6.07) is 2.76. The van der Waals surface area contributed by atoms with Crippen molar-refractivity contribution in [1.82, 2.24) is 4.90 Å². The summed E-state index contributed by atoms with van der Waals surface area (Å²) in [5.41, 5.74) is -0.240. The fourth-order valence-corrected chi connectivity index (χ4v) is 3.45. The Morgan fingerprint density at radius 1 is 1.14 bits per heavy atom. The summed E-state index contributed by atoms with van der Waals surface area (Å²) in [6.07, 6.45) is 1.75. The molecule has 1 aromatic carbocycles. The van der Waals surface area contributed by atoms with E-state index in [-0.39, 0.29) is 35.8 Å². The van der Waals surface area contributed by atoms with Gasteiger partial charge in [-0.2, -0.15) is 0 Å². The smallest absolute Gasteiger partial charge is 0.233 e. The highest BCUT2D eigenvalue weighted by molar-refractivity contribution is 6.05. The number of halogens is 2. The second kappa shape index (κ2) is 5.76. The van der Waals surface area contributed by atoms with Gasteiger partial charge in [-0.05, 0) is 31.0 Å². The molecule has 1 saturated heterocycles. The first-order valence-electron chi connectivity index (χ1n) is 7.47. The van der Waals surface area contributed by atoms with Gasteiger partial charge in [-0.1, -0.05) is 12.8 Å². The van der Waals surface area contributed by atoms with Crippen molar-refractivity contribution in [1.29, 1.82) is 0 Å². The van der Waals surface area contributed by atoms with Gasteiger partial charge in [0.1, 0.15) is 11.6 Å². The zero-order valence-corrected chi connectivity index (χ0v) is 12.0. The standard InChI is InChI=1S/C16H17F2NO3/c17-9-5-6-13(18)12(7-9)14(20)8-19-15(21)10-3-1-2-4-11(10)16(19)22/h5-7,10-11,14,20H,1-4,8H2/t10-,11-,14+/m1/s1. The number of carbonyl (C=O) groups is 2. The van der Waals surface area contributed by atoms with Crippen molar-refractivity contribution < 1.29 is 23.5 Å². The summed E-state index contributed by atoms with van der Waals surface area (Å²) >= 11 is 0. The molecule has 1 aliphatic heterocycles. The van der Waals surface area contributed by atoms with E-state index in [4.69, 9.17) is 0 Å². The zero-order chi connectivity index (χ0) is 15.9. The Bertz CT molecular complexity index is 595. The number of fused-ring (bicyclic) bond motifs is 1. The first kappa shape index (κ1) is 15.1. The SMILES string of the molecule is O=C1[C@@H]2CCCC[C@H]2C(=O)N1C[C@H](O)c1cc(F)ccc1F. The average Bonchev–Trinajstić information content (AvgIpc) is 2.75. The van der Waals surface area contributed by atoms with E-state index < -0.39 is 17.7 Å². The van der Waals surface area contributed by atoms with Crippen LogP contribution in [0.3, 0.4) is 0 Å². The van der Waals surface area contributed by atoms with Crippen LogP contribution in [0, 0.1) is 23.5 Å². The van der Waals surface area contributed by atoms with E-state index in [0.717, 1.165) is 35.9 Å². The molecule has 0 radical (unpaired) electrons. The maximum absolute atomic E-state index is 13.7. The van der Waals surface area contributed by atoms with Gasteiger partial charge in [-0.25, -0.2) is 8.78 Å². The molecule has 22 heavy (non-hydrogen) atoms. The fourth-order valence-electron chi connectivity index (χ4n) is 3.45. The molecule has 1 saturated carbocycles. The van der Waals surface area contributed by atoms with Gasteiger partial charge in [0.2, 0.25) is 11.8 Å². The molecule has 118 valence electrons.